The highest BCUT2D eigenvalue weighted by molar-refractivity contribution is 7.89. The molecular weight excluding hydrogens is 600 g/mol. The Balaban J connectivity index is 0.00000135. The third-order valence-electron chi connectivity index (χ3n) is 5.46. The molecule has 0 spiro atoms. The molecule has 0 aliphatic heterocycles. The van der Waals surface area contributed by atoms with Crippen LogP contribution < -0.4 is 21.3 Å². The lowest BCUT2D eigenvalue weighted by atomic mass is 9.89. The second-order valence-electron chi connectivity index (χ2n) is 8.13. The van der Waals surface area contributed by atoms with E-state index in [1.807, 2.05) is 6.07 Å². The molecule has 1 aliphatic rings. The van der Waals surface area contributed by atoms with Gasteiger partial charge >= 0.3 is 0 Å². The third-order valence-corrected chi connectivity index (χ3v) is 6.73. The lowest BCUT2D eigenvalue weighted by Crippen LogP contribution is -2.13. The first-order chi connectivity index (χ1) is 17.8. The van der Waals surface area contributed by atoms with Crippen LogP contribution in [0.1, 0.15) is 51.3 Å². The highest BCUT2D eigenvalue weighted by Gasteiger charge is 2.27. The van der Waals surface area contributed by atoms with Gasteiger partial charge in [0.15, 0.2) is 11.7 Å². The Hall–Kier alpha value is -3.01. The Morgan fingerprint density at radius 2 is 1.62 bits per heavy atom. The first-order valence-electron chi connectivity index (χ1n) is 11.3. The Morgan fingerprint density at radius 3 is 2.12 bits per heavy atom. The van der Waals surface area contributed by atoms with Crippen LogP contribution in [0.25, 0.3) is 22.6 Å². The molecule has 0 saturated heterocycles. The van der Waals surface area contributed by atoms with E-state index in [0.717, 1.165) is 25.7 Å². The fraction of sp³-hybridized carbons (Fsp3) is 0.320. The van der Waals surface area contributed by atoms with Crippen LogP contribution >= 0.6 is 36.0 Å². The zero-order valence-corrected chi connectivity index (χ0v) is 24.2. The minimum absolute atomic E-state index is 0. The van der Waals surface area contributed by atoms with Crippen LogP contribution in [0, 0.1) is 0 Å². The minimum atomic E-state index is -3.95. The van der Waals surface area contributed by atoms with Crippen LogP contribution in [0.15, 0.2) is 51.8 Å². The van der Waals surface area contributed by atoms with Crippen molar-refractivity contribution in [2.75, 3.05) is 7.11 Å². The van der Waals surface area contributed by atoms with Gasteiger partial charge in [-0.05, 0) is 67.6 Å². The number of aliphatic hydroxyl groups is 2. The average Bonchev–Trinajstić information content (AvgIpc) is 3.29. The molecule has 1 saturated carbocycles. The van der Waals surface area contributed by atoms with Crippen molar-refractivity contribution in [3.63, 3.8) is 0 Å². The minimum Gasteiger partial charge on any atom is -0.495 e. The van der Waals surface area contributed by atoms with E-state index in [2.05, 4.69) is 35.9 Å². The summed E-state index contributed by atoms with van der Waals surface area (Å²) in [5.74, 6) is 1.75. The Kier molecular flexibility index (Phi) is 15.7. The maximum Gasteiger partial charge on any atom is 0.251 e. The largest absolute Gasteiger partial charge is 0.495 e. The number of aromatic nitrogens is 1. The molecule has 0 bridgehead atoms. The monoisotopic (exact) mass is 634 g/mol. The number of thiocarbonyl (C=S) groups is 2. The van der Waals surface area contributed by atoms with E-state index in [9.17, 15) is 8.42 Å². The van der Waals surface area contributed by atoms with Crippen molar-refractivity contribution in [1.82, 2.24) is 4.98 Å². The molecule has 10 N–H and O–H groups in total. The number of hydrogen-bond acceptors (Lipinski definition) is 7. The molecular formula is C25H35ClN4O7S3. The number of nitrogens with zero attached hydrogens (tertiary/aromatic N) is 1. The van der Waals surface area contributed by atoms with Gasteiger partial charge in [0.2, 0.25) is 10.0 Å². The van der Waals surface area contributed by atoms with E-state index < -0.39 is 20.4 Å². The predicted molar refractivity (Wildman–Crippen MR) is 165 cm³/mol. The van der Waals surface area contributed by atoms with Gasteiger partial charge in [0.25, 0.3) is 10.3 Å². The van der Waals surface area contributed by atoms with Gasteiger partial charge in [-0.3, -0.25) is 0 Å². The number of aliphatic hydroxyl groups excluding tert-OH is 2. The van der Waals surface area contributed by atoms with E-state index >= 15 is 0 Å². The number of rotatable bonds is 5. The van der Waals surface area contributed by atoms with E-state index in [1.54, 1.807) is 37.4 Å². The molecule has 0 radical (unpaired) electrons. The quantitative estimate of drug-likeness (QED) is 0.241. The molecule has 222 valence electrons. The fourth-order valence-electron chi connectivity index (χ4n) is 3.96. The molecule has 1 aromatic heterocycles. The van der Waals surface area contributed by atoms with Gasteiger partial charge in [0, 0.05) is 17.0 Å². The molecule has 4 rings (SSSR count). The molecule has 15 heteroatoms. The first kappa shape index (κ1) is 37.0. The van der Waals surface area contributed by atoms with Crippen molar-refractivity contribution >= 4 is 56.4 Å². The Bertz CT molecular complexity index is 1360. The van der Waals surface area contributed by atoms with Crippen molar-refractivity contribution in [1.29, 1.82) is 0 Å². The summed E-state index contributed by atoms with van der Waals surface area (Å²) in [7, 11) is -2.40. The maximum atomic E-state index is 12.2. The number of oxazole rings is 1. The predicted octanol–water partition coefficient (Wildman–Crippen LogP) is 4.75. The molecule has 1 fully saturated rings. The van der Waals surface area contributed by atoms with E-state index in [0.29, 0.717) is 39.2 Å². The van der Waals surface area contributed by atoms with Crippen molar-refractivity contribution < 1.29 is 33.3 Å². The number of primary sulfonamides is 1. The first-order valence-corrected chi connectivity index (χ1v) is 14.0. The number of ether oxygens (including phenoxy) is 1. The second kappa shape index (κ2) is 16.9. The van der Waals surface area contributed by atoms with Gasteiger partial charge in [-0.15, -0.1) is 0 Å². The lowest BCUT2D eigenvalue weighted by molar-refractivity contribution is 0.367. The topological polar surface area (TPSA) is 219 Å². The summed E-state index contributed by atoms with van der Waals surface area (Å²) in [4.78, 5) is 4.80. The van der Waals surface area contributed by atoms with E-state index in [-0.39, 0.29) is 23.7 Å². The number of nitrogens with two attached hydrogens (primary N) is 3. The Labute approximate surface area is 249 Å². The SMILES string of the molecule is C.COc1ccc(-c2nc(C3CCCCC3)oc2-c2ccccc2S(N)(=O)=O)cc1Cl.NC(O)=S.NC(O)=S.O. The van der Waals surface area contributed by atoms with Gasteiger partial charge in [-0.1, -0.05) is 50.4 Å². The Morgan fingerprint density at radius 1 is 1.07 bits per heavy atom. The molecule has 0 amide bonds. The molecule has 2 aromatic carbocycles. The summed E-state index contributed by atoms with van der Waals surface area (Å²) < 4.78 is 35.9. The number of hydrogen-bond donors (Lipinski definition) is 5. The van der Waals surface area contributed by atoms with E-state index in [1.165, 1.54) is 12.5 Å². The van der Waals surface area contributed by atoms with E-state index in [4.69, 9.17) is 41.1 Å². The molecule has 0 atom stereocenters. The zero-order chi connectivity index (χ0) is 28.5. The molecule has 40 heavy (non-hydrogen) atoms. The lowest BCUT2D eigenvalue weighted by Gasteiger charge is -2.18. The van der Waals surface area contributed by atoms with Gasteiger partial charge < -0.3 is 36.3 Å². The highest BCUT2D eigenvalue weighted by Crippen LogP contribution is 2.41. The van der Waals surface area contributed by atoms with Crippen molar-refractivity contribution in [3.05, 3.63) is 53.4 Å². The van der Waals surface area contributed by atoms with Gasteiger partial charge in [-0.25, -0.2) is 18.5 Å². The number of sulfonamides is 1. The van der Waals surface area contributed by atoms with Crippen LogP contribution in [0.5, 0.6) is 5.75 Å². The summed E-state index contributed by atoms with van der Waals surface area (Å²) in [6.45, 7) is 0. The van der Waals surface area contributed by atoms with Gasteiger partial charge in [0.1, 0.15) is 11.4 Å². The van der Waals surface area contributed by atoms with Crippen LogP contribution in [0.4, 0.5) is 0 Å². The number of halogens is 1. The summed E-state index contributed by atoms with van der Waals surface area (Å²) in [6, 6.07) is 11.9. The van der Waals surface area contributed by atoms with Gasteiger partial charge in [0.05, 0.1) is 17.0 Å². The van der Waals surface area contributed by atoms with Crippen LogP contribution in [-0.4, -0.2) is 46.5 Å². The zero-order valence-electron chi connectivity index (χ0n) is 21.0. The van der Waals surface area contributed by atoms with Crippen molar-refractivity contribution in [3.8, 4) is 28.3 Å². The molecule has 1 aliphatic carbocycles. The average molecular weight is 635 g/mol. The second-order valence-corrected chi connectivity index (χ2v) is 10.9. The third kappa shape index (κ3) is 10.9. The fourth-order valence-corrected chi connectivity index (χ4v) is 4.95. The molecule has 0 unspecified atom stereocenters. The summed E-state index contributed by atoms with van der Waals surface area (Å²) in [6.07, 6.45) is 5.46. The summed E-state index contributed by atoms with van der Waals surface area (Å²) in [5, 5.41) is 20.0. The van der Waals surface area contributed by atoms with Crippen LogP contribution in [-0.2, 0) is 10.0 Å². The number of benzene rings is 2. The van der Waals surface area contributed by atoms with Crippen LogP contribution in [0.3, 0.4) is 0 Å². The molecule has 1 heterocycles. The van der Waals surface area contributed by atoms with Crippen LogP contribution in [0.2, 0.25) is 5.02 Å². The normalized spacial score (nSPS) is 12.7. The summed E-state index contributed by atoms with van der Waals surface area (Å²) >= 11 is 14.1. The summed E-state index contributed by atoms with van der Waals surface area (Å²) in [5.41, 5.74) is 10.4. The smallest absolute Gasteiger partial charge is 0.251 e. The van der Waals surface area contributed by atoms with Crippen molar-refractivity contribution in [2.24, 2.45) is 16.6 Å². The molecule has 3 aromatic rings. The van der Waals surface area contributed by atoms with Gasteiger partial charge in [-0.2, -0.15) is 0 Å². The standard InChI is InChI=1S/C22H23ClN2O4S.2CH3NOS.CH4.H2O/c1-28-18-12-11-15(13-17(18)23)20-21(16-9-5-6-10-19(16)30(24,26)27)29-22(25-20)14-7-3-2-4-8-14;2*2-1(3)4;;/h5-6,9-14H,2-4,7-8H2,1H3,(H2,24,26,27);2*(H3,2,3,4);1H4;1H2. The maximum absolute atomic E-state index is 12.2. The number of methoxy groups -OCH3 is 1. The highest BCUT2D eigenvalue weighted by atomic mass is 35.5. The van der Waals surface area contributed by atoms with Crippen molar-refractivity contribution in [2.45, 2.75) is 50.3 Å². The molecule has 11 nitrogen and oxygen atoms in total.